The molecular weight excluding hydrogens is 338 g/mol. The maximum absolute atomic E-state index is 14.1. The van der Waals surface area contributed by atoms with Gasteiger partial charge in [-0.15, -0.1) is 13.2 Å². The number of benzene rings is 1. The minimum absolute atomic E-state index is 0.0187. The molecule has 23 heavy (non-hydrogen) atoms. The van der Waals surface area contributed by atoms with Gasteiger partial charge in [-0.2, -0.15) is 5.26 Å². The van der Waals surface area contributed by atoms with Gasteiger partial charge < -0.3 is 9.72 Å². The van der Waals surface area contributed by atoms with Crippen molar-refractivity contribution in [2.24, 2.45) is 0 Å². The molecule has 0 unspecified atom stereocenters. The van der Waals surface area contributed by atoms with E-state index < -0.39 is 40.3 Å². The van der Waals surface area contributed by atoms with Crippen LogP contribution in [-0.2, 0) is 0 Å². The molecule has 1 aromatic heterocycles. The van der Waals surface area contributed by atoms with Crippen LogP contribution < -0.4 is 10.3 Å². The van der Waals surface area contributed by atoms with Crippen LogP contribution in [0.2, 0.25) is 0 Å². The van der Waals surface area contributed by atoms with E-state index in [1.807, 2.05) is 0 Å². The molecule has 1 N–H and O–H groups in total. The molecule has 0 saturated carbocycles. The summed E-state index contributed by atoms with van der Waals surface area (Å²) in [4.78, 5) is 17.9. The number of rotatable bonds is 3. The van der Waals surface area contributed by atoms with Crippen molar-refractivity contribution in [3.05, 3.63) is 39.9 Å². The van der Waals surface area contributed by atoms with E-state index in [4.69, 9.17) is 5.26 Å². The van der Waals surface area contributed by atoms with Crippen molar-refractivity contribution in [2.45, 2.75) is 11.5 Å². The number of alkyl halides is 3. The fourth-order valence-corrected chi connectivity index (χ4v) is 2.16. The second kappa shape index (κ2) is 6.29. The average molecular weight is 345 g/mol. The van der Waals surface area contributed by atoms with Crippen LogP contribution in [0.1, 0.15) is 5.56 Å². The van der Waals surface area contributed by atoms with Gasteiger partial charge in [0.1, 0.15) is 28.9 Å². The summed E-state index contributed by atoms with van der Waals surface area (Å²) >= 11 is 0.974. The molecule has 0 bridgehead atoms. The molecule has 0 aliphatic rings. The van der Waals surface area contributed by atoms with Crippen LogP contribution in [0.5, 0.6) is 5.75 Å². The van der Waals surface area contributed by atoms with Gasteiger partial charge in [0.05, 0.1) is 5.56 Å². The molecule has 0 amide bonds. The molecule has 10 heteroatoms. The molecule has 1 aromatic carbocycles. The predicted molar refractivity (Wildman–Crippen MR) is 73.4 cm³/mol. The first-order valence-corrected chi connectivity index (χ1v) is 7.12. The lowest BCUT2D eigenvalue weighted by Gasteiger charge is -2.14. The lowest BCUT2D eigenvalue weighted by atomic mass is 10.1. The highest BCUT2D eigenvalue weighted by Crippen LogP contribution is 2.36. The molecule has 120 valence electrons. The summed E-state index contributed by atoms with van der Waals surface area (Å²) in [6, 6.07) is 4.27. The Bertz CT molecular complexity index is 843. The zero-order valence-corrected chi connectivity index (χ0v) is 12.2. The minimum atomic E-state index is -5.07. The number of aromatic nitrogens is 2. The lowest BCUT2D eigenvalue weighted by Crippen LogP contribution is -2.19. The van der Waals surface area contributed by atoms with Crippen molar-refractivity contribution in [3.63, 3.8) is 0 Å². The third kappa shape index (κ3) is 3.62. The molecule has 0 atom stereocenters. The molecule has 0 saturated heterocycles. The Hall–Kier alpha value is -2.54. The van der Waals surface area contributed by atoms with E-state index in [0.29, 0.717) is 0 Å². The number of aromatic amines is 1. The molecule has 0 spiro atoms. The van der Waals surface area contributed by atoms with Gasteiger partial charge in [0.25, 0.3) is 5.56 Å². The summed E-state index contributed by atoms with van der Waals surface area (Å²) in [7, 11) is 0. The van der Waals surface area contributed by atoms with Crippen molar-refractivity contribution in [2.75, 3.05) is 6.26 Å². The Labute approximate surface area is 130 Å². The third-order valence-electron chi connectivity index (χ3n) is 2.64. The van der Waals surface area contributed by atoms with Gasteiger partial charge in [0.2, 0.25) is 0 Å². The van der Waals surface area contributed by atoms with Crippen LogP contribution >= 0.6 is 11.8 Å². The topological polar surface area (TPSA) is 78.8 Å². The lowest BCUT2D eigenvalue weighted by molar-refractivity contribution is -0.274. The van der Waals surface area contributed by atoms with Gasteiger partial charge in [0.15, 0.2) is 5.16 Å². The molecule has 0 aliphatic heterocycles. The number of H-pyrrole nitrogens is 1. The SMILES string of the molecule is CSc1nc(-c2c(F)cccc2OC(F)(F)F)c(C#N)c(=O)[nH]1. The van der Waals surface area contributed by atoms with Crippen molar-refractivity contribution in [1.29, 1.82) is 5.26 Å². The van der Waals surface area contributed by atoms with Gasteiger partial charge in [-0.1, -0.05) is 17.8 Å². The van der Waals surface area contributed by atoms with Crippen LogP contribution in [0.15, 0.2) is 28.2 Å². The van der Waals surface area contributed by atoms with E-state index in [0.717, 1.165) is 30.0 Å². The Morgan fingerprint density at radius 3 is 2.65 bits per heavy atom. The summed E-state index contributed by atoms with van der Waals surface area (Å²) in [5, 5.41) is 9.05. The summed E-state index contributed by atoms with van der Waals surface area (Å²) in [6.45, 7) is 0. The number of hydrogen-bond donors (Lipinski definition) is 1. The van der Waals surface area contributed by atoms with E-state index in [2.05, 4.69) is 14.7 Å². The quantitative estimate of drug-likeness (QED) is 0.525. The smallest absolute Gasteiger partial charge is 0.405 e. The monoisotopic (exact) mass is 345 g/mol. The number of halogens is 4. The molecule has 2 aromatic rings. The Balaban J connectivity index is 2.79. The van der Waals surface area contributed by atoms with Gasteiger partial charge in [-0.3, -0.25) is 4.79 Å². The molecule has 1 heterocycles. The number of hydrogen-bond acceptors (Lipinski definition) is 5. The number of nitriles is 1. The minimum Gasteiger partial charge on any atom is -0.405 e. The fourth-order valence-electron chi connectivity index (χ4n) is 1.78. The summed E-state index contributed by atoms with van der Waals surface area (Å²) < 4.78 is 55.3. The van der Waals surface area contributed by atoms with Crippen molar-refractivity contribution < 1.29 is 22.3 Å². The van der Waals surface area contributed by atoms with Crippen LogP contribution in [0.3, 0.4) is 0 Å². The first kappa shape index (κ1) is 16.8. The first-order valence-electron chi connectivity index (χ1n) is 5.90. The zero-order chi connectivity index (χ0) is 17.2. The van der Waals surface area contributed by atoms with Crippen LogP contribution in [0.4, 0.5) is 17.6 Å². The van der Waals surface area contributed by atoms with Crippen LogP contribution in [0.25, 0.3) is 11.3 Å². The zero-order valence-electron chi connectivity index (χ0n) is 11.4. The molecule has 0 fully saturated rings. The number of nitrogens with one attached hydrogen (secondary N) is 1. The van der Waals surface area contributed by atoms with Crippen molar-refractivity contribution in [1.82, 2.24) is 9.97 Å². The highest BCUT2D eigenvalue weighted by atomic mass is 32.2. The van der Waals surface area contributed by atoms with E-state index >= 15 is 0 Å². The highest BCUT2D eigenvalue weighted by molar-refractivity contribution is 7.98. The Kier molecular flexibility index (Phi) is 4.60. The Morgan fingerprint density at radius 2 is 2.09 bits per heavy atom. The number of ether oxygens (including phenoxy) is 1. The molecular formula is C13H7F4N3O2S. The summed E-state index contributed by atoms with van der Waals surface area (Å²) in [5.74, 6) is -1.99. The third-order valence-corrected chi connectivity index (χ3v) is 3.22. The molecule has 2 rings (SSSR count). The summed E-state index contributed by atoms with van der Waals surface area (Å²) in [6.07, 6.45) is -3.53. The number of thioether (sulfide) groups is 1. The van der Waals surface area contributed by atoms with E-state index in [1.54, 1.807) is 6.26 Å². The second-order valence-corrected chi connectivity index (χ2v) is 4.87. The number of nitrogens with zero attached hydrogens (tertiary/aromatic N) is 2. The first-order chi connectivity index (χ1) is 10.8. The van der Waals surface area contributed by atoms with Gasteiger partial charge in [-0.25, -0.2) is 9.37 Å². The normalized spacial score (nSPS) is 11.1. The van der Waals surface area contributed by atoms with Gasteiger partial charge in [0, 0.05) is 0 Å². The van der Waals surface area contributed by atoms with Gasteiger partial charge >= 0.3 is 6.36 Å². The predicted octanol–water partition coefficient (Wildman–Crippen LogP) is 3.07. The van der Waals surface area contributed by atoms with Crippen molar-refractivity contribution >= 4 is 11.8 Å². The van der Waals surface area contributed by atoms with E-state index in [1.165, 1.54) is 6.07 Å². The maximum atomic E-state index is 14.1. The second-order valence-electron chi connectivity index (χ2n) is 4.07. The molecule has 0 aliphatic carbocycles. The van der Waals surface area contributed by atoms with Crippen molar-refractivity contribution in [3.8, 4) is 23.1 Å². The van der Waals surface area contributed by atoms with Crippen LogP contribution in [0, 0.1) is 17.1 Å². The molecule has 0 radical (unpaired) electrons. The highest BCUT2D eigenvalue weighted by Gasteiger charge is 2.33. The van der Waals surface area contributed by atoms with E-state index in [9.17, 15) is 22.4 Å². The molecule has 5 nitrogen and oxygen atoms in total. The van der Waals surface area contributed by atoms with Crippen LogP contribution in [-0.4, -0.2) is 22.6 Å². The maximum Gasteiger partial charge on any atom is 0.573 e. The van der Waals surface area contributed by atoms with Gasteiger partial charge in [-0.05, 0) is 18.4 Å². The Morgan fingerprint density at radius 1 is 1.39 bits per heavy atom. The standard InChI is InChI=1S/C13H7F4N3O2S/c1-23-12-19-10(6(5-18)11(21)20-12)9-7(14)3-2-4-8(9)22-13(15,16)17/h2-4H,1H3,(H,19,20,21). The average Bonchev–Trinajstić information content (AvgIpc) is 2.45. The summed E-state index contributed by atoms with van der Waals surface area (Å²) in [5.41, 5.74) is -2.72. The fraction of sp³-hybridized carbons (Fsp3) is 0.154. The van der Waals surface area contributed by atoms with E-state index in [-0.39, 0.29) is 5.16 Å². The largest absolute Gasteiger partial charge is 0.573 e.